The van der Waals surface area contributed by atoms with E-state index in [1.807, 2.05) is 54.6 Å². The first-order chi connectivity index (χ1) is 22.2. The van der Waals surface area contributed by atoms with Crippen LogP contribution >= 0.6 is 11.6 Å². The van der Waals surface area contributed by atoms with Gasteiger partial charge in [0.05, 0.1) is 12.9 Å². The molecule has 5 aromatic rings. The normalized spacial score (nSPS) is 20.9. The first-order valence-electron chi connectivity index (χ1n) is 14.3. The van der Waals surface area contributed by atoms with Crippen LogP contribution in [-0.4, -0.2) is 86.4 Å². The highest BCUT2D eigenvalue weighted by molar-refractivity contribution is 6.28. The number of halogens is 1. The van der Waals surface area contributed by atoms with Crippen molar-refractivity contribution < 1.29 is 34.3 Å². The van der Waals surface area contributed by atoms with Gasteiger partial charge in [-0.05, 0) is 64.5 Å². The fourth-order valence-electron chi connectivity index (χ4n) is 5.31. The van der Waals surface area contributed by atoms with E-state index in [0.717, 1.165) is 11.1 Å². The van der Waals surface area contributed by atoms with Crippen molar-refractivity contribution >= 4 is 34.6 Å². The van der Waals surface area contributed by atoms with Crippen LogP contribution in [0.5, 0.6) is 5.75 Å². The van der Waals surface area contributed by atoms with Crippen LogP contribution in [0.4, 0.5) is 5.82 Å². The molecule has 240 valence electrons. The Hall–Kier alpha value is -4.74. The summed E-state index contributed by atoms with van der Waals surface area (Å²) in [5.74, 6) is -0.734. The Bertz CT molecular complexity index is 1780. The van der Waals surface area contributed by atoms with E-state index in [1.54, 1.807) is 0 Å². The number of benzene rings is 2. The van der Waals surface area contributed by atoms with Crippen molar-refractivity contribution in [3.05, 3.63) is 83.2 Å². The van der Waals surface area contributed by atoms with E-state index in [0.29, 0.717) is 25.2 Å². The molecule has 3 aromatic heterocycles. The number of fused-ring (bicyclic) bond motifs is 1. The van der Waals surface area contributed by atoms with Crippen LogP contribution in [0.3, 0.4) is 0 Å². The van der Waals surface area contributed by atoms with Crippen molar-refractivity contribution in [3.63, 3.8) is 0 Å². The molecule has 6 rings (SSSR count). The van der Waals surface area contributed by atoms with Gasteiger partial charge in [-0.2, -0.15) is 9.97 Å². The van der Waals surface area contributed by atoms with Gasteiger partial charge in [0.1, 0.15) is 36.2 Å². The van der Waals surface area contributed by atoms with Crippen molar-refractivity contribution in [2.24, 2.45) is 0 Å². The fraction of sp³-hybridized carbons (Fsp3) is 0.345. The van der Waals surface area contributed by atoms with Crippen LogP contribution in [0.1, 0.15) is 36.0 Å². The molecule has 1 aliphatic heterocycles. The standard InChI is InChI=1S/C29H30ClN9O7/c30-28-33-23(31)20-24(34-28)39(15-32-20)25-22(41)21(40)19(46-25)14-45-29(27(42)43,26-35-37-38-36-26)12-4-7-16-8-10-18(11-9-16)44-13-17-5-2-1-3-6-17/h1-3,5-6,8-11,15,19,21-22,25,40-41H,4,7,12-14H2,(H,42,43)(H2,31,33,34)(H,35,36,37,38)/t19-,21-,22-,25-,29?/m1/s1. The number of hydrogen-bond acceptors (Lipinski definition) is 13. The highest BCUT2D eigenvalue weighted by Crippen LogP contribution is 2.35. The molecule has 2 aromatic carbocycles. The van der Waals surface area contributed by atoms with Crippen LogP contribution < -0.4 is 10.5 Å². The van der Waals surface area contributed by atoms with Gasteiger partial charge in [-0.15, -0.1) is 5.10 Å². The quantitative estimate of drug-likeness (QED) is 0.114. The second-order valence-corrected chi connectivity index (χ2v) is 11.1. The molecule has 6 N–H and O–H groups in total. The van der Waals surface area contributed by atoms with Crippen molar-refractivity contribution in [2.45, 2.75) is 56.0 Å². The Morgan fingerprint density at radius 3 is 2.59 bits per heavy atom. The minimum absolute atomic E-state index is 0.0267. The average molecular weight is 652 g/mol. The number of aromatic nitrogens is 8. The second-order valence-electron chi connectivity index (χ2n) is 10.7. The summed E-state index contributed by atoms with van der Waals surface area (Å²) in [6.07, 6.45) is -3.04. The minimum Gasteiger partial charge on any atom is -0.489 e. The van der Waals surface area contributed by atoms with Gasteiger partial charge in [0, 0.05) is 0 Å². The van der Waals surface area contributed by atoms with Crippen molar-refractivity contribution in [1.29, 1.82) is 0 Å². The van der Waals surface area contributed by atoms with Crippen LogP contribution in [0, 0.1) is 0 Å². The van der Waals surface area contributed by atoms with E-state index in [2.05, 4.69) is 35.6 Å². The summed E-state index contributed by atoms with van der Waals surface area (Å²) in [6.45, 7) is 0.0109. The number of aliphatic hydroxyl groups is 2. The number of aromatic amines is 1. The van der Waals surface area contributed by atoms with E-state index in [-0.39, 0.29) is 34.5 Å². The van der Waals surface area contributed by atoms with Crippen molar-refractivity contribution in [1.82, 2.24) is 40.1 Å². The predicted molar refractivity (Wildman–Crippen MR) is 160 cm³/mol. The molecule has 1 unspecified atom stereocenters. The van der Waals surface area contributed by atoms with Crippen LogP contribution in [0.2, 0.25) is 5.28 Å². The summed E-state index contributed by atoms with van der Waals surface area (Å²) >= 11 is 5.96. The summed E-state index contributed by atoms with van der Waals surface area (Å²) in [4.78, 5) is 24.9. The fourth-order valence-corrected chi connectivity index (χ4v) is 5.48. The highest BCUT2D eigenvalue weighted by Gasteiger charge is 2.49. The number of nitrogens with two attached hydrogens (primary N) is 1. The summed E-state index contributed by atoms with van der Waals surface area (Å²) in [7, 11) is 0. The zero-order valence-corrected chi connectivity index (χ0v) is 24.9. The third-order valence-corrected chi connectivity index (χ3v) is 7.93. The molecule has 16 nitrogen and oxygen atoms in total. The molecule has 0 aliphatic carbocycles. The lowest BCUT2D eigenvalue weighted by atomic mass is 9.93. The smallest absolute Gasteiger partial charge is 0.344 e. The molecule has 0 radical (unpaired) electrons. The topological polar surface area (TPSA) is 230 Å². The average Bonchev–Trinajstić information content (AvgIpc) is 3.80. The molecule has 17 heteroatoms. The van der Waals surface area contributed by atoms with Crippen molar-refractivity contribution in [3.8, 4) is 5.75 Å². The number of nitrogens with zero attached hydrogens (tertiary/aromatic N) is 7. The van der Waals surface area contributed by atoms with E-state index in [1.165, 1.54) is 10.9 Å². The van der Waals surface area contributed by atoms with Gasteiger partial charge in [0.25, 0.3) is 0 Å². The minimum atomic E-state index is -2.01. The molecule has 4 heterocycles. The Balaban J connectivity index is 1.12. The lowest BCUT2D eigenvalue weighted by Crippen LogP contribution is -2.44. The SMILES string of the molecule is Nc1nc(Cl)nc2c1ncn2[C@@H]1O[C@H](COC(CCCc2ccc(OCc3ccccc3)cc2)(C(=O)O)c2nnn[nH]2)[C@@H](O)[C@H]1O. The molecule has 1 saturated heterocycles. The number of nitrogen functional groups attached to an aromatic ring is 1. The van der Waals surface area contributed by atoms with E-state index in [4.69, 9.17) is 31.5 Å². The third kappa shape index (κ3) is 6.33. The molecule has 1 fully saturated rings. The highest BCUT2D eigenvalue weighted by atomic mass is 35.5. The Kier molecular flexibility index (Phi) is 9.05. The number of anilines is 1. The summed E-state index contributed by atoms with van der Waals surface area (Å²) < 4.78 is 19.1. The van der Waals surface area contributed by atoms with Gasteiger partial charge in [-0.25, -0.2) is 14.9 Å². The molecular formula is C29H30ClN9O7. The van der Waals surface area contributed by atoms with Gasteiger partial charge in [0.15, 0.2) is 23.5 Å². The maximum atomic E-state index is 12.7. The number of aliphatic carboxylic acids is 1. The second kappa shape index (κ2) is 13.3. The summed E-state index contributed by atoms with van der Waals surface area (Å²) in [6, 6.07) is 17.4. The number of nitrogens with one attached hydrogen (secondary N) is 1. The Labute approximate surface area is 266 Å². The largest absolute Gasteiger partial charge is 0.489 e. The molecule has 0 bridgehead atoms. The Morgan fingerprint density at radius 2 is 1.87 bits per heavy atom. The number of imidazole rings is 1. The van der Waals surface area contributed by atoms with Gasteiger partial charge in [-0.3, -0.25) is 4.57 Å². The molecule has 0 saturated carbocycles. The number of rotatable bonds is 13. The van der Waals surface area contributed by atoms with Gasteiger partial charge >= 0.3 is 5.97 Å². The number of tetrazole rings is 1. The van der Waals surface area contributed by atoms with Crippen molar-refractivity contribution in [2.75, 3.05) is 12.3 Å². The number of carbonyl (C=O) groups is 1. The van der Waals surface area contributed by atoms with Crippen LogP contribution in [0.25, 0.3) is 11.2 Å². The van der Waals surface area contributed by atoms with Crippen LogP contribution in [-0.2, 0) is 32.9 Å². The number of carboxylic acids is 1. The molecule has 1 aliphatic rings. The number of carboxylic acid groups (broad SMARTS) is 1. The zero-order chi connectivity index (χ0) is 32.3. The van der Waals surface area contributed by atoms with Gasteiger partial charge in [-0.1, -0.05) is 42.5 Å². The molecule has 0 amide bonds. The van der Waals surface area contributed by atoms with Crippen LogP contribution in [0.15, 0.2) is 60.9 Å². The number of H-pyrrole nitrogens is 1. The number of aryl methyl sites for hydroxylation is 1. The first-order valence-corrected chi connectivity index (χ1v) is 14.7. The third-order valence-electron chi connectivity index (χ3n) is 7.77. The maximum Gasteiger partial charge on any atom is 0.344 e. The monoisotopic (exact) mass is 651 g/mol. The Morgan fingerprint density at radius 1 is 1.09 bits per heavy atom. The van der Waals surface area contributed by atoms with Gasteiger partial charge < -0.3 is 35.3 Å². The lowest BCUT2D eigenvalue weighted by Gasteiger charge is -2.29. The summed E-state index contributed by atoms with van der Waals surface area (Å²) in [5, 5.41) is 45.4. The molecule has 0 spiro atoms. The van der Waals surface area contributed by atoms with E-state index in [9.17, 15) is 20.1 Å². The number of ether oxygens (including phenoxy) is 3. The van der Waals surface area contributed by atoms with Gasteiger partial charge in [0.2, 0.25) is 10.9 Å². The lowest BCUT2D eigenvalue weighted by molar-refractivity contribution is -0.179. The van der Waals surface area contributed by atoms with E-state index < -0.39 is 42.7 Å². The van der Waals surface area contributed by atoms with E-state index >= 15 is 0 Å². The first kappa shape index (κ1) is 31.3. The molecule has 5 atom stereocenters. The predicted octanol–water partition coefficient (Wildman–Crippen LogP) is 1.79. The zero-order valence-electron chi connectivity index (χ0n) is 24.2. The summed E-state index contributed by atoms with van der Waals surface area (Å²) in [5.41, 5.74) is 6.29. The molecule has 46 heavy (non-hydrogen) atoms. The number of hydrogen-bond donors (Lipinski definition) is 5. The number of aliphatic hydroxyl groups excluding tert-OH is 2. The molecular weight excluding hydrogens is 622 g/mol. The maximum absolute atomic E-state index is 12.7.